The summed E-state index contributed by atoms with van der Waals surface area (Å²) >= 11 is 1.56. The Balaban J connectivity index is 1.68. The molecule has 2 aromatic rings. The van der Waals surface area contributed by atoms with E-state index in [1.54, 1.807) is 17.6 Å². The number of hydrogen-bond donors (Lipinski definition) is 1. The van der Waals surface area contributed by atoms with Crippen molar-refractivity contribution in [3.8, 4) is 6.07 Å². The maximum absolute atomic E-state index is 12.0. The summed E-state index contributed by atoms with van der Waals surface area (Å²) in [5.74, 6) is 0.734. The van der Waals surface area contributed by atoms with E-state index in [0.29, 0.717) is 23.4 Å². The summed E-state index contributed by atoms with van der Waals surface area (Å²) in [5, 5.41) is 13.0. The maximum Gasteiger partial charge on any atom is 0.225 e. The molecule has 0 fully saturated rings. The highest BCUT2D eigenvalue weighted by molar-refractivity contribution is 7.16. The number of thiophene rings is 1. The molecule has 21 heavy (non-hydrogen) atoms. The van der Waals surface area contributed by atoms with Gasteiger partial charge in [-0.1, -0.05) is 0 Å². The first kappa shape index (κ1) is 13.9. The highest BCUT2D eigenvalue weighted by Gasteiger charge is 2.21. The molecule has 1 aliphatic rings. The second-order valence-electron chi connectivity index (χ2n) is 5.15. The second-order valence-corrected chi connectivity index (χ2v) is 6.26. The molecule has 108 valence electrons. The SMILES string of the molecule is N#Cc1c(NC(=O)CCc2ccco2)sc2c1CCCC2. The standard InChI is InChI=1S/C16H16N2O2S/c17-10-13-12-5-1-2-6-14(12)21-16(13)18-15(19)8-7-11-4-3-9-20-11/h3-4,9H,1-2,5-8H2,(H,18,19). The Morgan fingerprint density at radius 2 is 2.29 bits per heavy atom. The Morgan fingerprint density at radius 3 is 3.05 bits per heavy atom. The number of nitrogens with zero attached hydrogens (tertiary/aromatic N) is 1. The van der Waals surface area contributed by atoms with Gasteiger partial charge >= 0.3 is 0 Å². The van der Waals surface area contributed by atoms with Crippen LogP contribution in [0.5, 0.6) is 0 Å². The topological polar surface area (TPSA) is 66.0 Å². The van der Waals surface area contributed by atoms with Crippen molar-refractivity contribution in [2.24, 2.45) is 0 Å². The molecule has 0 atom stereocenters. The minimum absolute atomic E-state index is 0.0681. The molecule has 0 saturated heterocycles. The van der Waals surface area contributed by atoms with Crippen molar-refractivity contribution in [3.63, 3.8) is 0 Å². The van der Waals surface area contributed by atoms with Gasteiger partial charge in [0.15, 0.2) is 0 Å². The molecule has 0 unspecified atom stereocenters. The zero-order valence-electron chi connectivity index (χ0n) is 11.6. The normalized spacial score (nSPS) is 13.5. The molecule has 3 rings (SSSR count). The van der Waals surface area contributed by atoms with Gasteiger partial charge in [-0.2, -0.15) is 5.26 Å². The van der Waals surface area contributed by atoms with Gasteiger partial charge in [0.05, 0.1) is 11.8 Å². The molecular formula is C16H16N2O2S. The van der Waals surface area contributed by atoms with Crippen molar-refractivity contribution < 1.29 is 9.21 Å². The zero-order chi connectivity index (χ0) is 14.7. The first-order chi connectivity index (χ1) is 10.3. The van der Waals surface area contributed by atoms with E-state index in [-0.39, 0.29) is 5.91 Å². The van der Waals surface area contributed by atoms with Crippen LogP contribution in [0.25, 0.3) is 0 Å². The third kappa shape index (κ3) is 3.01. The minimum Gasteiger partial charge on any atom is -0.469 e. The summed E-state index contributed by atoms with van der Waals surface area (Å²) in [6.45, 7) is 0. The van der Waals surface area contributed by atoms with E-state index in [1.165, 1.54) is 11.3 Å². The van der Waals surface area contributed by atoms with Crippen LogP contribution in [0.3, 0.4) is 0 Å². The number of amides is 1. The molecular weight excluding hydrogens is 284 g/mol. The molecule has 0 radical (unpaired) electrons. The van der Waals surface area contributed by atoms with Crippen molar-refractivity contribution in [1.82, 2.24) is 0 Å². The van der Waals surface area contributed by atoms with Crippen molar-refractivity contribution in [2.45, 2.75) is 38.5 Å². The highest BCUT2D eigenvalue weighted by Crippen LogP contribution is 2.37. The molecule has 1 N–H and O–H groups in total. The Hall–Kier alpha value is -2.06. The third-order valence-corrected chi connectivity index (χ3v) is 4.92. The van der Waals surface area contributed by atoms with Gasteiger partial charge in [-0.3, -0.25) is 4.79 Å². The summed E-state index contributed by atoms with van der Waals surface area (Å²) in [7, 11) is 0. The molecule has 0 saturated carbocycles. The highest BCUT2D eigenvalue weighted by atomic mass is 32.1. The van der Waals surface area contributed by atoms with Gasteiger partial charge in [0.1, 0.15) is 16.8 Å². The zero-order valence-corrected chi connectivity index (χ0v) is 12.5. The molecule has 0 bridgehead atoms. The van der Waals surface area contributed by atoms with Gasteiger partial charge in [-0.15, -0.1) is 11.3 Å². The lowest BCUT2D eigenvalue weighted by atomic mass is 9.96. The van der Waals surface area contributed by atoms with E-state index in [0.717, 1.165) is 30.6 Å². The van der Waals surface area contributed by atoms with Crippen LogP contribution in [-0.2, 0) is 24.1 Å². The molecule has 4 nitrogen and oxygen atoms in total. The molecule has 1 aliphatic carbocycles. The number of carbonyl (C=O) groups excluding carboxylic acids is 1. The fraction of sp³-hybridized carbons (Fsp3) is 0.375. The van der Waals surface area contributed by atoms with Crippen LogP contribution in [0.1, 0.15) is 41.0 Å². The first-order valence-electron chi connectivity index (χ1n) is 7.15. The molecule has 0 aromatic carbocycles. The lowest BCUT2D eigenvalue weighted by Crippen LogP contribution is -2.12. The van der Waals surface area contributed by atoms with Gasteiger partial charge in [-0.05, 0) is 43.4 Å². The molecule has 2 aromatic heterocycles. The number of anilines is 1. The maximum atomic E-state index is 12.0. The number of aryl methyl sites for hydroxylation is 2. The van der Waals surface area contributed by atoms with Crippen LogP contribution in [0.2, 0.25) is 0 Å². The Kier molecular flexibility index (Phi) is 4.07. The number of carbonyl (C=O) groups is 1. The van der Waals surface area contributed by atoms with Gasteiger partial charge in [-0.25, -0.2) is 0 Å². The number of furan rings is 1. The van der Waals surface area contributed by atoms with Crippen LogP contribution >= 0.6 is 11.3 Å². The van der Waals surface area contributed by atoms with Gasteiger partial charge in [0.2, 0.25) is 5.91 Å². The van der Waals surface area contributed by atoms with E-state index >= 15 is 0 Å². The number of hydrogen-bond acceptors (Lipinski definition) is 4. The average Bonchev–Trinajstić information content (AvgIpc) is 3.12. The van der Waals surface area contributed by atoms with Crippen LogP contribution in [0.15, 0.2) is 22.8 Å². The van der Waals surface area contributed by atoms with Gasteiger partial charge in [0, 0.05) is 17.7 Å². The molecule has 0 spiro atoms. The van der Waals surface area contributed by atoms with Crippen molar-refractivity contribution in [3.05, 3.63) is 40.2 Å². The smallest absolute Gasteiger partial charge is 0.225 e. The number of rotatable bonds is 4. The summed E-state index contributed by atoms with van der Waals surface area (Å²) < 4.78 is 5.22. The molecule has 2 heterocycles. The fourth-order valence-electron chi connectivity index (χ4n) is 2.65. The van der Waals surface area contributed by atoms with Crippen molar-refractivity contribution in [2.75, 3.05) is 5.32 Å². The number of nitriles is 1. The number of nitrogens with one attached hydrogen (secondary N) is 1. The van der Waals surface area contributed by atoms with E-state index in [4.69, 9.17) is 4.42 Å². The summed E-state index contributed by atoms with van der Waals surface area (Å²) in [6.07, 6.45) is 6.82. The third-order valence-electron chi connectivity index (χ3n) is 3.71. The predicted octanol–water partition coefficient (Wildman–Crippen LogP) is 3.66. The quantitative estimate of drug-likeness (QED) is 0.937. The summed E-state index contributed by atoms with van der Waals surface area (Å²) in [5.41, 5.74) is 1.82. The van der Waals surface area contributed by atoms with Crippen LogP contribution < -0.4 is 5.32 Å². The molecule has 5 heteroatoms. The molecule has 1 amide bonds. The van der Waals surface area contributed by atoms with E-state index in [2.05, 4.69) is 11.4 Å². The molecule has 0 aliphatic heterocycles. The lowest BCUT2D eigenvalue weighted by molar-refractivity contribution is -0.116. The number of fused-ring (bicyclic) bond motifs is 1. The Labute approximate surface area is 127 Å². The van der Waals surface area contributed by atoms with Gasteiger partial charge < -0.3 is 9.73 Å². The van der Waals surface area contributed by atoms with Crippen molar-refractivity contribution >= 4 is 22.2 Å². The van der Waals surface area contributed by atoms with Gasteiger partial charge in [0.25, 0.3) is 0 Å². The van der Waals surface area contributed by atoms with Crippen LogP contribution in [0, 0.1) is 11.3 Å². The summed E-state index contributed by atoms with van der Waals surface area (Å²) in [6, 6.07) is 5.93. The van der Waals surface area contributed by atoms with E-state index in [9.17, 15) is 10.1 Å². The Morgan fingerprint density at radius 1 is 1.43 bits per heavy atom. The van der Waals surface area contributed by atoms with Crippen LogP contribution in [0.4, 0.5) is 5.00 Å². The fourth-order valence-corrected chi connectivity index (χ4v) is 3.91. The van der Waals surface area contributed by atoms with Crippen LogP contribution in [-0.4, -0.2) is 5.91 Å². The monoisotopic (exact) mass is 300 g/mol. The summed E-state index contributed by atoms with van der Waals surface area (Å²) in [4.78, 5) is 13.3. The minimum atomic E-state index is -0.0681. The first-order valence-corrected chi connectivity index (χ1v) is 7.96. The largest absolute Gasteiger partial charge is 0.469 e. The van der Waals surface area contributed by atoms with E-state index < -0.39 is 0 Å². The van der Waals surface area contributed by atoms with Crippen molar-refractivity contribution in [1.29, 1.82) is 5.26 Å². The second kappa shape index (κ2) is 6.15. The average molecular weight is 300 g/mol. The lowest BCUT2D eigenvalue weighted by Gasteiger charge is -2.09. The Bertz CT molecular complexity index is 680. The predicted molar refractivity (Wildman–Crippen MR) is 81.3 cm³/mol. The van der Waals surface area contributed by atoms with E-state index in [1.807, 2.05) is 12.1 Å².